The van der Waals surface area contributed by atoms with Crippen molar-refractivity contribution < 1.29 is 9.13 Å². The zero-order chi connectivity index (χ0) is 13.0. The molecule has 1 N–H and O–H groups in total. The van der Waals surface area contributed by atoms with Gasteiger partial charge in [-0.3, -0.25) is 0 Å². The summed E-state index contributed by atoms with van der Waals surface area (Å²) >= 11 is 1.85. The van der Waals surface area contributed by atoms with E-state index in [0.717, 1.165) is 36.5 Å². The van der Waals surface area contributed by atoms with Gasteiger partial charge in [0, 0.05) is 30.3 Å². The van der Waals surface area contributed by atoms with E-state index < -0.39 is 0 Å². The van der Waals surface area contributed by atoms with E-state index in [1.165, 1.54) is 6.07 Å². The second kappa shape index (κ2) is 6.43. The van der Waals surface area contributed by atoms with Crippen molar-refractivity contribution in [3.8, 4) is 5.75 Å². The van der Waals surface area contributed by atoms with Crippen LogP contribution < -0.4 is 10.1 Å². The molecule has 100 valence electrons. The Morgan fingerprint density at radius 1 is 1.56 bits per heavy atom. The number of ether oxygens (including phenoxy) is 1. The van der Waals surface area contributed by atoms with E-state index in [2.05, 4.69) is 18.5 Å². The molecule has 0 aromatic heterocycles. The maximum atomic E-state index is 13.1. The summed E-state index contributed by atoms with van der Waals surface area (Å²) in [5, 5.41) is 3.52. The lowest BCUT2D eigenvalue weighted by Crippen LogP contribution is -2.38. The summed E-state index contributed by atoms with van der Waals surface area (Å²) in [7, 11) is 0. The van der Waals surface area contributed by atoms with Gasteiger partial charge in [-0.25, -0.2) is 4.39 Å². The van der Waals surface area contributed by atoms with Gasteiger partial charge in [-0.1, -0.05) is 6.92 Å². The first-order chi connectivity index (χ1) is 8.72. The maximum Gasteiger partial charge on any atom is 0.123 e. The average molecular weight is 269 g/mol. The number of nitrogens with one attached hydrogen (secondary N) is 1. The van der Waals surface area contributed by atoms with E-state index in [1.807, 2.05) is 11.8 Å². The lowest BCUT2D eigenvalue weighted by Gasteiger charge is -2.18. The smallest absolute Gasteiger partial charge is 0.123 e. The third kappa shape index (κ3) is 3.39. The molecule has 1 aromatic carbocycles. The van der Waals surface area contributed by atoms with Crippen LogP contribution in [0.25, 0.3) is 0 Å². The monoisotopic (exact) mass is 269 g/mol. The molecular weight excluding hydrogens is 249 g/mol. The second-order valence-corrected chi connectivity index (χ2v) is 5.58. The van der Waals surface area contributed by atoms with Gasteiger partial charge in [-0.2, -0.15) is 11.8 Å². The summed E-state index contributed by atoms with van der Waals surface area (Å²) in [5.74, 6) is 1.77. The molecule has 0 radical (unpaired) electrons. The van der Waals surface area contributed by atoms with E-state index in [4.69, 9.17) is 4.74 Å². The molecule has 18 heavy (non-hydrogen) atoms. The highest BCUT2D eigenvalue weighted by Crippen LogP contribution is 2.28. The third-order valence-electron chi connectivity index (χ3n) is 3.26. The van der Waals surface area contributed by atoms with E-state index in [0.29, 0.717) is 6.04 Å². The van der Waals surface area contributed by atoms with Crippen LogP contribution in [0.15, 0.2) is 18.2 Å². The number of hydrogen-bond acceptors (Lipinski definition) is 3. The van der Waals surface area contributed by atoms with Crippen LogP contribution in [0.3, 0.4) is 0 Å². The van der Waals surface area contributed by atoms with Crippen molar-refractivity contribution in [2.75, 3.05) is 18.6 Å². The fraction of sp³-hybridized carbons (Fsp3) is 0.571. The molecular formula is C14H20FNOS. The van der Waals surface area contributed by atoms with Gasteiger partial charge in [-0.05, 0) is 30.9 Å². The SMILES string of the molecule is CCC(CSC)NCC1Cc2cc(F)ccc2O1. The molecule has 1 heterocycles. The van der Waals surface area contributed by atoms with Crippen LogP contribution in [-0.2, 0) is 6.42 Å². The summed E-state index contributed by atoms with van der Waals surface area (Å²) in [6.07, 6.45) is 4.18. The highest BCUT2D eigenvalue weighted by Gasteiger charge is 2.23. The van der Waals surface area contributed by atoms with Gasteiger partial charge >= 0.3 is 0 Å². The Labute approximate surface area is 112 Å². The summed E-state index contributed by atoms with van der Waals surface area (Å²) in [6, 6.07) is 5.29. The standard InChI is InChI=1S/C14H20FNOS/c1-3-12(9-18-2)16-8-13-7-10-6-11(15)4-5-14(10)17-13/h4-6,12-13,16H,3,7-9H2,1-2H3. The average Bonchev–Trinajstić information content (AvgIpc) is 2.76. The summed E-state index contributed by atoms with van der Waals surface area (Å²) in [5.41, 5.74) is 0.986. The van der Waals surface area contributed by atoms with Gasteiger partial charge in [0.2, 0.25) is 0 Å². The largest absolute Gasteiger partial charge is 0.488 e. The zero-order valence-electron chi connectivity index (χ0n) is 10.9. The van der Waals surface area contributed by atoms with Gasteiger partial charge in [0.05, 0.1) is 0 Å². The Morgan fingerprint density at radius 2 is 2.39 bits per heavy atom. The van der Waals surface area contributed by atoms with Crippen molar-refractivity contribution >= 4 is 11.8 Å². The molecule has 1 aliphatic rings. The van der Waals surface area contributed by atoms with Crippen molar-refractivity contribution in [1.82, 2.24) is 5.32 Å². The number of rotatable bonds is 6. The van der Waals surface area contributed by atoms with E-state index in [1.54, 1.807) is 12.1 Å². The zero-order valence-corrected chi connectivity index (χ0v) is 11.7. The summed E-state index contributed by atoms with van der Waals surface area (Å²) in [4.78, 5) is 0. The number of thioether (sulfide) groups is 1. The number of hydrogen-bond donors (Lipinski definition) is 1. The third-order valence-corrected chi connectivity index (χ3v) is 3.99. The molecule has 4 heteroatoms. The minimum atomic E-state index is -0.181. The summed E-state index contributed by atoms with van der Waals surface area (Å²) in [6.45, 7) is 3.02. The van der Waals surface area contributed by atoms with Gasteiger partial charge in [0.15, 0.2) is 0 Å². The molecule has 0 bridgehead atoms. The fourth-order valence-electron chi connectivity index (χ4n) is 2.22. The molecule has 2 atom stereocenters. The summed E-state index contributed by atoms with van der Waals surface area (Å²) < 4.78 is 18.9. The van der Waals surface area contributed by atoms with Crippen LogP contribution in [-0.4, -0.2) is 30.7 Å². The topological polar surface area (TPSA) is 21.3 Å². The molecule has 0 spiro atoms. The quantitative estimate of drug-likeness (QED) is 0.858. The molecule has 2 unspecified atom stereocenters. The Bertz CT molecular complexity index is 399. The Hall–Kier alpha value is -0.740. The van der Waals surface area contributed by atoms with Gasteiger partial charge in [0.1, 0.15) is 17.7 Å². The normalized spacial score (nSPS) is 19.4. The van der Waals surface area contributed by atoms with Crippen LogP contribution in [0.1, 0.15) is 18.9 Å². The van der Waals surface area contributed by atoms with Crippen LogP contribution >= 0.6 is 11.8 Å². The number of halogens is 1. The molecule has 0 aliphatic carbocycles. The van der Waals surface area contributed by atoms with Gasteiger partial charge in [0.25, 0.3) is 0 Å². The van der Waals surface area contributed by atoms with E-state index in [-0.39, 0.29) is 11.9 Å². The lowest BCUT2D eigenvalue weighted by atomic mass is 10.1. The van der Waals surface area contributed by atoms with Crippen LogP contribution in [0.2, 0.25) is 0 Å². The molecule has 0 saturated carbocycles. The Morgan fingerprint density at radius 3 is 3.11 bits per heavy atom. The van der Waals surface area contributed by atoms with Crippen molar-refractivity contribution in [3.63, 3.8) is 0 Å². The first-order valence-corrected chi connectivity index (χ1v) is 7.79. The van der Waals surface area contributed by atoms with Crippen molar-refractivity contribution in [1.29, 1.82) is 0 Å². The first kappa shape index (κ1) is 13.7. The molecule has 1 aromatic rings. The molecule has 2 rings (SSSR count). The molecule has 0 fully saturated rings. The van der Waals surface area contributed by atoms with Crippen LogP contribution in [0, 0.1) is 5.82 Å². The van der Waals surface area contributed by atoms with Gasteiger partial charge in [-0.15, -0.1) is 0 Å². The molecule has 0 amide bonds. The van der Waals surface area contributed by atoms with Crippen molar-refractivity contribution in [2.24, 2.45) is 0 Å². The number of benzene rings is 1. The first-order valence-electron chi connectivity index (χ1n) is 6.40. The second-order valence-electron chi connectivity index (χ2n) is 4.66. The van der Waals surface area contributed by atoms with Crippen LogP contribution in [0.5, 0.6) is 5.75 Å². The molecule has 0 saturated heterocycles. The predicted octanol–water partition coefficient (Wildman–Crippen LogP) is 2.86. The Balaban J connectivity index is 1.84. The number of fused-ring (bicyclic) bond motifs is 1. The predicted molar refractivity (Wildman–Crippen MR) is 75.0 cm³/mol. The minimum Gasteiger partial charge on any atom is -0.488 e. The van der Waals surface area contributed by atoms with E-state index >= 15 is 0 Å². The fourth-order valence-corrected chi connectivity index (χ4v) is 2.98. The van der Waals surface area contributed by atoms with Crippen molar-refractivity contribution in [2.45, 2.75) is 31.9 Å². The highest BCUT2D eigenvalue weighted by atomic mass is 32.2. The maximum absolute atomic E-state index is 13.1. The highest BCUT2D eigenvalue weighted by molar-refractivity contribution is 7.98. The minimum absolute atomic E-state index is 0.137. The van der Waals surface area contributed by atoms with Gasteiger partial charge < -0.3 is 10.1 Å². The lowest BCUT2D eigenvalue weighted by molar-refractivity contribution is 0.222. The molecule has 1 aliphatic heterocycles. The molecule has 2 nitrogen and oxygen atoms in total. The van der Waals surface area contributed by atoms with E-state index in [9.17, 15) is 4.39 Å². The van der Waals surface area contributed by atoms with Crippen molar-refractivity contribution in [3.05, 3.63) is 29.6 Å². The Kier molecular flexibility index (Phi) is 4.89. The van der Waals surface area contributed by atoms with Crippen LogP contribution in [0.4, 0.5) is 4.39 Å².